The number of fused-ring (bicyclic) bond motifs is 2. The van der Waals surface area contributed by atoms with Gasteiger partial charge in [0.25, 0.3) is 11.8 Å². The number of pyridine rings is 1. The van der Waals surface area contributed by atoms with E-state index in [2.05, 4.69) is 15.6 Å². The fourth-order valence-corrected chi connectivity index (χ4v) is 6.37. The number of hydrogen-bond acceptors (Lipinski definition) is 8. The summed E-state index contributed by atoms with van der Waals surface area (Å²) in [4.78, 5) is 73.7. The van der Waals surface area contributed by atoms with Crippen molar-refractivity contribution in [3.63, 3.8) is 0 Å². The summed E-state index contributed by atoms with van der Waals surface area (Å²) in [7, 11) is 1.35. The molecule has 2 aliphatic heterocycles. The van der Waals surface area contributed by atoms with Gasteiger partial charge in [0.15, 0.2) is 6.61 Å². The van der Waals surface area contributed by atoms with Crippen molar-refractivity contribution >= 4 is 29.6 Å². The molecule has 284 valence electrons. The first kappa shape index (κ1) is 40.1. The highest BCUT2D eigenvalue weighted by Crippen LogP contribution is 2.34. The number of nitrogens with one attached hydrogen (secondary N) is 2. The molecule has 0 radical (unpaired) electrons. The second kappa shape index (κ2) is 18.7. The van der Waals surface area contributed by atoms with Gasteiger partial charge in [0.2, 0.25) is 17.7 Å². The van der Waals surface area contributed by atoms with Gasteiger partial charge in [-0.3, -0.25) is 24.2 Å². The van der Waals surface area contributed by atoms with E-state index in [9.17, 15) is 28.4 Å². The van der Waals surface area contributed by atoms with Gasteiger partial charge < -0.3 is 29.9 Å². The lowest BCUT2D eigenvalue weighted by Gasteiger charge is -2.34. The van der Waals surface area contributed by atoms with Crippen LogP contribution in [0.5, 0.6) is 5.75 Å². The minimum atomic E-state index is -3.43. The van der Waals surface area contributed by atoms with E-state index >= 15 is 8.78 Å². The van der Waals surface area contributed by atoms with Crippen LogP contribution in [-0.2, 0) is 30.3 Å². The molecule has 0 unspecified atom stereocenters. The number of carbonyl (C=O) groups excluding carboxylic acids is 5. The van der Waals surface area contributed by atoms with E-state index in [1.165, 1.54) is 7.05 Å². The minimum absolute atomic E-state index is 0.0130. The number of esters is 1. The molecule has 1 aromatic heterocycles. The Labute approximate surface area is 301 Å². The standard InChI is InChI=1S/C37H48F3N5O7/c1-24(2)17-28-35(49)45-23-37(39,40)20-30(45)36(50)44(3)29(18-25-11-10-14-41-21-25)34(48)42-15-8-6-4-5-7-9-16-51-32(46)22-52-31-19-26(38)12-13-27(31)33(47)43-28/h10-14,19,21,24,28-30H,4-9,15-18,20,22-23H2,1-3H3,(H,42,48)(H,43,47)/t28-,29+,30-/m1/s1. The van der Waals surface area contributed by atoms with Gasteiger partial charge in [-0.05, 0) is 48.9 Å². The lowest BCUT2D eigenvalue weighted by atomic mass is 10.0. The minimum Gasteiger partial charge on any atom is -0.481 e. The summed E-state index contributed by atoms with van der Waals surface area (Å²) in [5.41, 5.74) is 0.440. The highest BCUT2D eigenvalue weighted by Gasteiger charge is 2.52. The van der Waals surface area contributed by atoms with Crippen molar-refractivity contribution in [3.8, 4) is 5.75 Å². The Kier molecular flexibility index (Phi) is 14.4. The number of cyclic esters (lactones) is 1. The third kappa shape index (κ3) is 11.4. The maximum Gasteiger partial charge on any atom is 0.344 e. The molecule has 15 heteroatoms. The van der Waals surface area contributed by atoms with Crippen molar-refractivity contribution in [2.75, 3.05) is 33.4 Å². The quantitative estimate of drug-likeness (QED) is 0.448. The first-order valence-corrected chi connectivity index (χ1v) is 17.8. The van der Waals surface area contributed by atoms with Crippen molar-refractivity contribution in [3.05, 3.63) is 59.7 Å². The average molecular weight is 732 g/mol. The molecule has 1 aromatic carbocycles. The van der Waals surface area contributed by atoms with E-state index in [1.807, 2.05) is 0 Å². The van der Waals surface area contributed by atoms with Crippen LogP contribution in [0.25, 0.3) is 0 Å². The third-order valence-electron chi connectivity index (χ3n) is 9.09. The van der Waals surface area contributed by atoms with Crippen molar-refractivity contribution in [1.29, 1.82) is 0 Å². The van der Waals surface area contributed by atoms with E-state index < -0.39 is 79.0 Å². The zero-order chi connectivity index (χ0) is 37.8. The van der Waals surface area contributed by atoms with Gasteiger partial charge in [-0.15, -0.1) is 0 Å². The zero-order valence-corrected chi connectivity index (χ0v) is 29.9. The largest absolute Gasteiger partial charge is 0.481 e. The fraction of sp³-hybridized carbons (Fsp3) is 0.568. The van der Waals surface area contributed by atoms with E-state index in [4.69, 9.17) is 9.47 Å². The fourth-order valence-electron chi connectivity index (χ4n) is 6.37. The average Bonchev–Trinajstić information content (AvgIpc) is 3.43. The van der Waals surface area contributed by atoms with E-state index in [0.717, 1.165) is 53.7 Å². The van der Waals surface area contributed by atoms with E-state index in [1.54, 1.807) is 38.4 Å². The number of likely N-dealkylation sites (N-methyl/N-ethyl adjacent to an activating group) is 1. The van der Waals surface area contributed by atoms with Gasteiger partial charge in [0.05, 0.1) is 18.7 Å². The Morgan fingerprint density at radius 3 is 2.42 bits per heavy atom. The van der Waals surface area contributed by atoms with E-state index in [0.29, 0.717) is 24.9 Å². The number of ether oxygens (including phenoxy) is 2. The number of alkyl halides is 2. The van der Waals surface area contributed by atoms with Crippen LogP contribution < -0.4 is 15.4 Å². The highest BCUT2D eigenvalue weighted by atomic mass is 19.3. The lowest BCUT2D eigenvalue weighted by molar-refractivity contribution is -0.147. The van der Waals surface area contributed by atoms with Gasteiger partial charge >= 0.3 is 5.97 Å². The number of halogens is 3. The third-order valence-corrected chi connectivity index (χ3v) is 9.09. The van der Waals surface area contributed by atoms with Gasteiger partial charge in [-0.1, -0.05) is 45.6 Å². The Morgan fingerprint density at radius 2 is 1.71 bits per heavy atom. The Morgan fingerprint density at radius 1 is 0.981 bits per heavy atom. The molecule has 12 nitrogen and oxygen atoms in total. The molecule has 2 aliphatic rings. The molecule has 52 heavy (non-hydrogen) atoms. The van der Waals surface area contributed by atoms with Gasteiger partial charge in [-0.2, -0.15) is 0 Å². The van der Waals surface area contributed by atoms with Crippen molar-refractivity contribution in [2.24, 2.45) is 5.92 Å². The van der Waals surface area contributed by atoms with Gasteiger partial charge in [-0.25, -0.2) is 18.0 Å². The molecule has 2 aromatic rings. The van der Waals surface area contributed by atoms with Gasteiger partial charge in [0.1, 0.15) is 29.7 Å². The number of benzene rings is 1. The summed E-state index contributed by atoms with van der Waals surface area (Å²) in [6, 6.07) is 2.36. The summed E-state index contributed by atoms with van der Waals surface area (Å²) in [5.74, 6) is -8.52. The molecule has 1 saturated heterocycles. The predicted octanol–water partition coefficient (Wildman–Crippen LogP) is 4.06. The summed E-state index contributed by atoms with van der Waals surface area (Å²) in [5, 5.41) is 5.44. The number of carbonyl (C=O) groups is 5. The van der Waals surface area contributed by atoms with E-state index in [-0.39, 0.29) is 36.7 Å². The van der Waals surface area contributed by atoms with Crippen LogP contribution >= 0.6 is 0 Å². The molecule has 0 bridgehead atoms. The summed E-state index contributed by atoms with van der Waals surface area (Å²) < 4.78 is 55.2. The van der Waals surface area contributed by atoms with Crippen molar-refractivity contribution in [1.82, 2.24) is 25.4 Å². The summed E-state index contributed by atoms with van der Waals surface area (Å²) in [6.07, 6.45) is 6.82. The molecular formula is C37H48F3N5O7. The number of hydrogen-bond donors (Lipinski definition) is 2. The molecular weight excluding hydrogens is 683 g/mol. The van der Waals surface area contributed by atoms with Crippen LogP contribution in [0.3, 0.4) is 0 Å². The van der Waals surface area contributed by atoms with Gasteiger partial charge in [0, 0.05) is 44.9 Å². The SMILES string of the molecule is CC(C)C[C@H]1NC(=O)c2ccc(F)cc2OCC(=O)OCCCCCCCCNC(=O)[C@H](Cc2cccnc2)N(C)C(=O)[C@H]2CC(F)(F)CN2C1=O. The lowest BCUT2D eigenvalue weighted by Crippen LogP contribution is -2.57. The molecule has 0 saturated carbocycles. The maximum atomic E-state index is 15.1. The summed E-state index contributed by atoms with van der Waals surface area (Å²) in [6.45, 7) is 2.33. The smallest absolute Gasteiger partial charge is 0.344 e. The van der Waals surface area contributed by atoms with Crippen molar-refractivity contribution in [2.45, 2.75) is 95.7 Å². The van der Waals surface area contributed by atoms with Crippen LogP contribution in [0.4, 0.5) is 13.2 Å². The summed E-state index contributed by atoms with van der Waals surface area (Å²) >= 11 is 0. The normalized spacial score (nSPS) is 23.4. The van der Waals surface area contributed by atoms with Crippen LogP contribution in [0, 0.1) is 11.7 Å². The highest BCUT2D eigenvalue weighted by molar-refractivity contribution is 6.00. The second-order valence-corrected chi connectivity index (χ2v) is 13.8. The Bertz CT molecular complexity index is 1560. The van der Waals surface area contributed by atoms with Crippen LogP contribution in [0.1, 0.15) is 81.1 Å². The second-order valence-electron chi connectivity index (χ2n) is 13.8. The van der Waals surface area contributed by atoms with Crippen LogP contribution in [0.15, 0.2) is 42.7 Å². The van der Waals surface area contributed by atoms with Crippen LogP contribution in [0.2, 0.25) is 0 Å². The molecule has 1 fully saturated rings. The molecule has 3 atom stereocenters. The zero-order valence-electron chi connectivity index (χ0n) is 29.9. The Hall–Kier alpha value is -4.69. The maximum absolute atomic E-state index is 15.1. The molecule has 0 spiro atoms. The molecule has 2 N–H and O–H groups in total. The molecule has 4 amide bonds. The predicted molar refractivity (Wildman–Crippen MR) is 184 cm³/mol. The van der Waals surface area contributed by atoms with Crippen molar-refractivity contribution < 1.29 is 46.6 Å². The molecule has 0 aliphatic carbocycles. The monoisotopic (exact) mass is 731 g/mol. The van der Waals surface area contributed by atoms with Crippen LogP contribution in [-0.4, -0.2) is 102 Å². The number of aromatic nitrogens is 1. The first-order chi connectivity index (χ1) is 24.8. The number of amides is 4. The molecule has 3 heterocycles. The number of rotatable bonds is 4. The topological polar surface area (TPSA) is 147 Å². The number of nitrogens with zero attached hydrogens (tertiary/aromatic N) is 3. The molecule has 4 rings (SSSR count). The first-order valence-electron chi connectivity index (χ1n) is 17.8. The Balaban J connectivity index is 1.66.